The summed E-state index contributed by atoms with van der Waals surface area (Å²) in [5.41, 5.74) is -3.75. The highest BCUT2D eigenvalue weighted by atomic mass is 19.4. The molecular weight excluding hydrogens is 397 g/mol. The van der Waals surface area contributed by atoms with Crippen molar-refractivity contribution in [1.29, 1.82) is 0 Å². The third kappa shape index (κ3) is 4.33. The number of nitrogens with zero attached hydrogens (tertiary/aromatic N) is 6. The van der Waals surface area contributed by atoms with Crippen LogP contribution in [0.2, 0.25) is 0 Å². The summed E-state index contributed by atoms with van der Waals surface area (Å²) in [6.07, 6.45) is -2.98. The van der Waals surface area contributed by atoms with E-state index in [9.17, 15) is 33.4 Å². The zero-order valence-corrected chi connectivity index (χ0v) is 14.9. The van der Waals surface area contributed by atoms with Crippen LogP contribution < -0.4 is 9.80 Å². The van der Waals surface area contributed by atoms with Gasteiger partial charge in [0.2, 0.25) is 0 Å². The third-order valence-corrected chi connectivity index (χ3v) is 4.48. The van der Waals surface area contributed by atoms with E-state index < -0.39 is 38.6 Å². The van der Waals surface area contributed by atoms with Crippen molar-refractivity contribution in [3.63, 3.8) is 0 Å². The second kappa shape index (κ2) is 7.85. The number of aromatic nitrogens is 2. The molecule has 0 saturated carbocycles. The van der Waals surface area contributed by atoms with Gasteiger partial charge >= 0.3 is 6.18 Å². The summed E-state index contributed by atoms with van der Waals surface area (Å²) in [4.78, 5) is 24.1. The Hall–Kier alpha value is -3.51. The van der Waals surface area contributed by atoms with Gasteiger partial charge in [0.25, 0.3) is 11.4 Å². The molecule has 29 heavy (non-hydrogen) atoms. The third-order valence-electron chi connectivity index (χ3n) is 4.48. The molecule has 1 aromatic heterocycles. The van der Waals surface area contributed by atoms with E-state index in [4.69, 9.17) is 0 Å². The monoisotopic (exact) mass is 412 g/mol. The van der Waals surface area contributed by atoms with Gasteiger partial charge in [-0.2, -0.15) is 18.3 Å². The number of halogens is 3. The lowest BCUT2D eigenvalue weighted by atomic mass is 10.1. The van der Waals surface area contributed by atoms with Gasteiger partial charge in [0.15, 0.2) is 11.5 Å². The van der Waals surface area contributed by atoms with Gasteiger partial charge in [0.05, 0.1) is 15.4 Å². The van der Waals surface area contributed by atoms with Gasteiger partial charge in [-0.25, -0.2) is 0 Å². The van der Waals surface area contributed by atoms with Gasteiger partial charge < -0.3 is 9.80 Å². The molecule has 13 heteroatoms. The van der Waals surface area contributed by atoms with Crippen molar-refractivity contribution < 1.29 is 23.0 Å². The van der Waals surface area contributed by atoms with Crippen LogP contribution in [0.4, 0.5) is 36.1 Å². The van der Waals surface area contributed by atoms with E-state index in [1.54, 1.807) is 12.1 Å². The zero-order valence-electron chi connectivity index (χ0n) is 14.9. The first-order valence-corrected chi connectivity index (χ1v) is 8.50. The highest BCUT2D eigenvalue weighted by molar-refractivity contribution is 5.76. The SMILES string of the molecule is O=[N+]([O-])c1cc(C(F)(F)F)cc([N+](=O)[O-])c1N1CCCN(c2cccnn2)CC1. The van der Waals surface area contributed by atoms with Crippen LogP contribution in [0.5, 0.6) is 0 Å². The molecule has 0 unspecified atom stereocenters. The molecule has 0 radical (unpaired) electrons. The van der Waals surface area contributed by atoms with E-state index in [0.717, 1.165) is 0 Å². The number of rotatable bonds is 4. The largest absolute Gasteiger partial charge is 0.416 e. The fraction of sp³-hybridized carbons (Fsp3) is 0.375. The Morgan fingerprint density at radius 1 is 0.966 bits per heavy atom. The Morgan fingerprint density at radius 2 is 1.55 bits per heavy atom. The number of nitro benzene ring substituents is 2. The lowest BCUT2D eigenvalue weighted by Gasteiger charge is -2.24. The van der Waals surface area contributed by atoms with Gasteiger partial charge in [-0.1, -0.05) is 0 Å². The normalized spacial score (nSPS) is 15.1. The molecule has 1 fully saturated rings. The Morgan fingerprint density at radius 3 is 2.07 bits per heavy atom. The Bertz CT molecular complexity index is 890. The van der Waals surface area contributed by atoms with E-state index in [2.05, 4.69) is 10.2 Å². The van der Waals surface area contributed by atoms with E-state index in [1.807, 2.05) is 4.90 Å². The van der Waals surface area contributed by atoms with Gasteiger partial charge in [-0.3, -0.25) is 20.2 Å². The van der Waals surface area contributed by atoms with Gasteiger partial charge in [0.1, 0.15) is 0 Å². The average Bonchev–Trinajstić information content (AvgIpc) is 2.92. The zero-order chi connectivity index (χ0) is 21.2. The molecule has 10 nitrogen and oxygen atoms in total. The Labute approximate surface area is 161 Å². The Balaban J connectivity index is 2.01. The number of hydrogen-bond acceptors (Lipinski definition) is 8. The summed E-state index contributed by atoms with van der Waals surface area (Å²) >= 11 is 0. The molecule has 2 aromatic rings. The minimum atomic E-state index is -4.95. The van der Waals surface area contributed by atoms with Crippen molar-refractivity contribution in [3.8, 4) is 0 Å². The van der Waals surface area contributed by atoms with Gasteiger partial charge in [-0.15, -0.1) is 5.10 Å². The second-order valence-electron chi connectivity index (χ2n) is 6.28. The van der Waals surface area contributed by atoms with E-state index in [0.29, 0.717) is 37.5 Å². The molecular formula is C16H15F3N6O4. The van der Waals surface area contributed by atoms with Crippen LogP contribution in [0.15, 0.2) is 30.5 Å². The van der Waals surface area contributed by atoms with Crippen LogP contribution in [-0.2, 0) is 6.18 Å². The first kappa shape index (κ1) is 20.2. The van der Waals surface area contributed by atoms with Crippen LogP contribution in [0.25, 0.3) is 0 Å². The highest BCUT2D eigenvalue weighted by Crippen LogP contribution is 2.43. The summed E-state index contributed by atoms with van der Waals surface area (Å²) in [5, 5.41) is 30.7. The topological polar surface area (TPSA) is 119 Å². The van der Waals surface area contributed by atoms with Crippen molar-refractivity contribution in [1.82, 2.24) is 10.2 Å². The second-order valence-corrected chi connectivity index (χ2v) is 6.28. The number of hydrogen-bond donors (Lipinski definition) is 0. The number of anilines is 2. The summed E-state index contributed by atoms with van der Waals surface area (Å²) < 4.78 is 39.2. The summed E-state index contributed by atoms with van der Waals surface area (Å²) in [5.74, 6) is 0.575. The molecule has 1 aliphatic rings. The molecule has 0 N–H and O–H groups in total. The fourth-order valence-electron chi connectivity index (χ4n) is 3.20. The molecule has 1 aliphatic heterocycles. The maximum absolute atomic E-state index is 13.1. The smallest absolute Gasteiger partial charge is 0.358 e. The van der Waals surface area contributed by atoms with Crippen molar-refractivity contribution in [3.05, 3.63) is 56.3 Å². The van der Waals surface area contributed by atoms with Crippen molar-refractivity contribution in [2.45, 2.75) is 12.6 Å². The van der Waals surface area contributed by atoms with Crippen molar-refractivity contribution in [2.75, 3.05) is 36.0 Å². The molecule has 0 bridgehead atoms. The molecule has 154 valence electrons. The Kier molecular flexibility index (Phi) is 5.48. The predicted molar refractivity (Wildman–Crippen MR) is 95.8 cm³/mol. The van der Waals surface area contributed by atoms with E-state index in [1.165, 1.54) is 11.1 Å². The van der Waals surface area contributed by atoms with Crippen LogP contribution >= 0.6 is 0 Å². The molecule has 2 heterocycles. The maximum atomic E-state index is 13.1. The summed E-state index contributed by atoms with van der Waals surface area (Å²) in [6.45, 7) is 1.15. The van der Waals surface area contributed by atoms with Crippen LogP contribution in [0, 0.1) is 20.2 Å². The molecule has 3 rings (SSSR count). The minimum Gasteiger partial charge on any atom is -0.358 e. The molecule has 0 amide bonds. The first-order chi connectivity index (χ1) is 13.7. The molecule has 1 saturated heterocycles. The molecule has 0 spiro atoms. The van der Waals surface area contributed by atoms with Gasteiger partial charge in [0, 0.05) is 44.5 Å². The van der Waals surface area contributed by atoms with Crippen LogP contribution in [0.1, 0.15) is 12.0 Å². The maximum Gasteiger partial charge on any atom is 0.416 e. The van der Waals surface area contributed by atoms with Crippen LogP contribution in [-0.4, -0.2) is 46.2 Å². The molecule has 1 aromatic carbocycles. The number of benzene rings is 1. The van der Waals surface area contributed by atoms with E-state index >= 15 is 0 Å². The average molecular weight is 412 g/mol. The minimum absolute atomic E-state index is 0.129. The predicted octanol–water partition coefficient (Wildman–Crippen LogP) is 3.03. The van der Waals surface area contributed by atoms with Gasteiger partial charge in [-0.05, 0) is 18.6 Å². The lowest BCUT2D eigenvalue weighted by molar-refractivity contribution is -0.393. The molecule has 0 atom stereocenters. The number of nitro groups is 2. The van der Waals surface area contributed by atoms with Crippen molar-refractivity contribution >= 4 is 22.9 Å². The standard InChI is InChI=1S/C16H15F3N6O4/c17-16(18,19)11-9-12(24(26)27)15(13(10-11)25(28)29)23-6-2-5-22(7-8-23)14-3-1-4-20-21-14/h1,3-4,9-10H,2,5-8H2. The van der Waals surface area contributed by atoms with E-state index in [-0.39, 0.29) is 13.1 Å². The lowest BCUT2D eigenvalue weighted by Crippen LogP contribution is -2.32. The quantitative estimate of drug-likeness (QED) is 0.555. The first-order valence-electron chi connectivity index (χ1n) is 8.50. The fourth-order valence-corrected chi connectivity index (χ4v) is 3.20. The van der Waals surface area contributed by atoms with Crippen molar-refractivity contribution in [2.24, 2.45) is 0 Å². The molecule has 0 aliphatic carbocycles. The van der Waals surface area contributed by atoms with Crippen LogP contribution in [0.3, 0.4) is 0 Å². The summed E-state index contributed by atoms with van der Waals surface area (Å²) in [7, 11) is 0. The highest BCUT2D eigenvalue weighted by Gasteiger charge is 2.39. The summed E-state index contributed by atoms with van der Waals surface area (Å²) in [6, 6.07) is 4.10. The number of alkyl halides is 3.